The third-order valence-electron chi connectivity index (χ3n) is 5.84. The molecule has 4 heterocycles. The van der Waals surface area contributed by atoms with E-state index in [1.807, 2.05) is 12.4 Å². The lowest BCUT2D eigenvalue weighted by Gasteiger charge is -2.32. The topological polar surface area (TPSA) is 50.1 Å². The van der Waals surface area contributed by atoms with Gasteiger partial charge in [-0.25, -0.2) is 0 Å². The maximum absolute atomic E-state index is 4.60. The molecule has 0 aliphatic carbocycles. The molecule has 140 valence electrons. The zero-order chi connectivity index (χ0) is 17.8. The van der Waals surface area contributed by atoms with Crippen LogP contribution < -0.4 is 0 Å². The van der Waals surface area contributed by atoms with Crippen molar-refractivity contribution in [2.45, 2.75) is 51.1 Å². The molecule has 0 spiro atoms. The van der Waals surface area contributed by atoms with Crippen molar-refractivity contribution >= 4 is 0 Å². The summed E-state index contributed by atoms with van der Waals surface area (Å²) in [5.74, 6) is 2.77. The zero-order valence-corrected chi connectivity index (χ0v) is 15.8. The molecular formula is C20H30N6. The highest BCUT2D eigenvalue weighted by Crippen LogP contribution is 2.27. The number of hydrogen-bond donors (Lipinski definition) is 0. The van der Waals surface area contributed by atoms with Crippen LogP contribution in [-0.4, -0.2) is 55.7 Å². The van der Waals surface area contributed by atoms with Gasteiger partial charge >= 0.3 is 0 Å². The fraction of sp³-hybridized carbons (Fsp3) is 0.650. The Labute approximate surface area is 156 Å². The first-order valence-electron chi connectivity index (χ1n) is 10.0. The van der Waals surface area contributed by atoms with E-state index in [0.29, 0.717) is 5.92 Å². The minimum absolute atomic E-state index is 0.484. The van der Waals surface area contributed by atoms with E-state index in [2.05, 4.69) is 48.7 Å². The van der Waals surface area contributed by atoms with E-state index in [1.54, 1.807) is 0 Å². The first kappa shape index (κ1) is 17.6. The van der Waals surface area contributed by atoms with E-state index in [1.165, 1.54) is 50.8 Å². The smallest absolute Gasteiger partial charge is 0.146 e. The molecule has 0 bridgehead atoms. The predicted octanol–water partition coefficient (Wildman–Crippen LogP) is 2.58. The second-order valence-corrected chi connectivity index (χ2v) is 7.80. The van der Waals surface area contributed by atoms with Gasteiger partial charge in [0.15, 0.2) is 0 Å². The molecule has 2 aliphatic rings. The fourth-order valence-electron chi connectivity index (χ4n) is 4.34. The molecule has 2 aromatic heterocycles. The van der Waals surface area contributed by atoms with Gasteiger partial charge in [-0.2, -0.15) is 0 Å². The molecule has 2 fully saturated rings. The highest BCUT2D eigenvalue weighted by atomic mass is 15.3. The summed E-state index contributed by atoms with van der Waals surface area (Å²) in [4.78, 5) is 9.19. The molecule has 6 nitrogen and oxygen atoms in total. The summed E-state index contributed by atoms with van der Waals surface area (Å²) in [6, 6.07) is 4.23. The van der Waals surface area contributed by atoms with Gasteiger partial charge in [-0.1, -0.05) is 6.42 Å². The predicted molar refractivity (Wildman–Crippen MR) is 102 cm³/mol. The molecule has 1 atom stereocenters. The SMILES string of the molecule is Cn1c(CN2CCCCC2)nnc1[C@@H]1CCCN(Cc2ccncc2)C1. The number of pyridine rings is 1. The highest BCUT2D eigenvalue weighted by molar-refractivity contribution is 5.10. The van der Waals surface area contributed by atoms with Crippen molar-refractivity contribution < 1.29 is 0 Å². The van der Waals surface area contributed by atoms with E-state index in [9.17, 15) is 0 Å². The molecule has 6 heteroatoms. The van der Waals surface area contributed by atoms with Gasteiger partial charge in [-0.15, -0.1) is 10.2 Å². The molecule has 0 unspecified atom stereocenters. The molecule has 0 saturated carbocycles. The van der Waals surface area contributed by atoms with Crippen LogP contribution in [0.3, 0.4) is 0 Å². The summed E-state index contributed by atoms with van der Waals surface area (Å²) < 4.78 is 2.26. The summed E-state index contributed by atoms with van der Waals surface area (Å²) in [5.41, 5.74) is 1.34. The molecule has 0 N–H and O–H groups in total. The van der Waals surface area contributed by atoms with Gasteiger partial charge in [0.1, 0.15) is 11.6 Å². The lowest BCUT2D eigenvalue weighted by Crippen LogP contribution is -2.35. The van der Waals surface area contributed by atoms with E-state index in [4.69, 9.17) is 0 Å². The molecule has 4 rings (SSSR count). The van der Waals surface area contributed by atoms with Gasteiger partial charge in [-0.05, 0) is 63.0 Å². The van der Waals surface area contributed by atoms with Crippen LogP contribution in [0.15, 0.2) is 24.5 Å². The Balaban J connectivity index is 1.40. The van der Waals surface area contributed by atoms with E-state index in [0.717, 1.165) is 37.8 Å². The highest BCUT2D eigenvalue weighted by Gasteiger charge is 2.26. The third-order valence-corrected chi connectivity index (χ3v) is 5.84. The van der Waals surface area contributed by atoms with Gasteiger partial charge in [0.05, 0.1) is 6.54 Å². The lowest BCUT2D eigenvalue weighted by atomic mass is 9.96. The quantitative estimate of drug-likeness (QED) is 0.826. The van der Waals surface area contributed by atoms with E-state index >= 15 is 0 Å². The molecule has 2 aromatic rings. The standard InChI is InChI=1S/C20H30N6/c1-24-19(16-25-11-3-2-4-12-25)22-23-20(24)18-6-5-13-26(15-18)14-17-7-9-21-10-8-17/h7-10,18H,2-6,11-16H2,1H3/t18-/m1/s1. The lowest BCUT2D eigenvalue weighted by molar-refractivity contribution is 0.194. The molecule has 26 heavy (non-hydrogen) atoms. The van der Waals surface area contributed by atoms with Crippen LogP contribution in [0.4, 0.5) is 0 Å². The number of piperidine rings is 2. The first-order chi connectivity index (χ1) is 12.8. The third kappa shape index (κ3) is 4.13. The van der Waals surface area contributed by atoms with Crippen molar-refractivity contribution in [2.24, 2.45) is 7.05 Å². The Morgan fingerprint density at radius 2 is 1.69 bits per heavy atom. The number of rotatable bonds is 5. The summed E-state index contributed by atoms with van der Waals surface area (Å²) in [6.45, 7) is 6.57. The van der Waals surface area contributed by atoms with Crippen molar-refractivity contribution in [3.8, 4) is 0 Å². The first-order valence-corrected chi connectivity index (χ1v) is 10.0. The number of aromatic nitrogens is 4. The molecule has 0 radical (unpaired) electrons. The maximum atomic E-state index is 4.60. The van der Waals surface area contributed by atoms with Crippen molar-refractivity contribution in [2.75, 3.05) is 26.2 Å². The number of nitrogens with zero attached hydrogens (tertiary/aromatic N) is 6. The minimum Gasteiger partial charge on any atom is -0.317 e. The van der Waals surface area contributed by atoms with Crippen LogP contribution in [0.1, 0.15) is 55.2 Å². The zero-order valence-electron chi connectivity index (χ0n) is 15.8. The Morgan fingerprint density at radius 3 is 2.50 bits per heavy atom. The number of likely N-dealkylation sites (tertiary alicyclic amines) is 2. The second-order valence-electron chi connectivity index (χ2n) is 7.80. The normalized spacial score (nSPS) is 22.6. The van der Waals surface area contributed by atoms with Gasteiger partial charge in [-0.3, -0.25) is 14.8 Å². The van der Waals surface area contributed by atoms with Gasteiger partial charge in [0.2, 0.25) is 0 Å². The second kappa shape index (κ2) is 8.27. The average Bonchev–Trinajstić information content (AvgIpc) is 3.04. The molecule has 2 saturated heterocycles. The maximum Gasteiger partial charge on any atom is 0.146 e. The summed E-state index contributed by atoms with van der Waals surface area (Å²) >= 11 is 0. The molecule has 0 aromatic carbocycles. The monoisotopic (exact) mass is 354 g/mol. The van der Waals surface area contributed by atoms with Gasteiger partial charge in [0.25, 0.3) is 0 Å². The summed E-state index contributed by atoms with van der Waals surface area (Å²) in [6.07, 6.45) is 10.2. The minimum atomic E-state index is 0.484. The largest absolute Gasteiger partial charge is 0.317 e. The Hall–Kier alpha value is -1.79. The van der Waals surface area contributed by atoms with Crippen molar-refractivity contribution in [1.29, 1.82) is 0 Å². The Kier molecular flexibility index (Phi) is 5.60. The van der Waals surface area contributed by atoms with Gasteiger partial charge in [0, 0.05) is 38.4 Å². The number of hydrogen-bond acceptors (Lipinski definition) is 5. The van der Waals surface area contributed by atoms with E-state index in [-0.39, 0.29) is 0 Å². The van der Waals surface area contributed by atoms with Crippen LogP contribution in [0.5, 0.6) is 0 Å². The van der Waals surface area contributed by atoms with Crippen LogP contribution in [-0.2, 0) is 20.1 Å². The summed E-state index contributed by atoms with van der Waals surface area (Å²) in [5, 5.41) is 9.13. The van der Waals surface area contributed by atoms with Crippen LogP contribution in [0.2, 0.25) is 0 Å². The molecule has 2 aliphatic heterocycles. The Bertz CT molecular complexity index is 692. The van der Waals surface area contributed by atoms with Crippen LogP contribution in [0, 0.1) is 0 Å². The van der Waals surface area contributed by atoms with Crippen molar-refractivity contribution in [3.63, 3.8) is 0 Å². The van der Waals surface area contributed by atoms with Gasteiger partial charge < -0.3 is 4.57 Å². The summed E-state index contributed by atoms with van der Waals surface area (Å²) in [7, 11) is 2.15. The fourth-order valence-corrected chi connectivity index (χ4v) is 4.34. The van der Waals surface area contributed by atoms with Crippen LogP contribution >= 0.6 is 0 Å². The van der Waals surface area contributed by atoms with Crippen molar-refractivity contribution in [3.05, 3.63) is 41.7 Å². The Morgan fingerprint density at radius 1 is 0.923 bits per heavy atom. The molecular weight excluding hydrogens is 324 g/mol. The molecule has 0 amide bonds. The van der Waals surface area contributed by atoms with Crippen LogP contribution in [0.25, 0.3) is 0 Å². The van der Waals surface area contributed by atoms with Crippen molar-refractivity contribution in [1.82, 2.24) is 29.5 Å². The van der Waals surface area contributed by atoms with E-state index < -0.39 is 0 Å². The average molecular weight is 355 g/mol.